The largest absolute Gasteiger partial charge is 0.460 e. The summed E-state index contributed by atoms with van der Waals surface area (Å²) in [5.74, 6) is -0.594. The molecular formula is C7H12BrN3O3. The summed E-state index contributed by atoms with van der Waals surface area (Å²) < 4.78 is 4.63. The van der Waals surface area contributed by atoms with Gasteiger partial charge in [-0.15, -0.1) is 0 Å². The van der Waals surface area contributed by atoms with Gasteiger partial charge in [-0.2, -0.15) is 5.10 Å². The topological polar surface area (TPSA) is 71.0 Å². The van der Waals surface area contributed by atoms with Crippen LogP contribution in [0.3, 0.4) is 0 Å². The third kappa shape index (κ3) is 6.41. The van der Waals surface area contributed by atoms with Crippen LogP contribution in [0.25, 0.3) is 0 Å². The third-order valence-electron chi connectivity index (χ3n) is 1.06. The van der Waals surface area contributed by atoms with Crippen molar-refractivity contribution < 1.29 is 14.3 Å². The number of nitrogens with zero attached hydrogens (tertiary/aromatic N) is 2. The molecule has 0 heterocycles. The van der Waals surface area contributed by atoms with E-state index in [0.717, 1.165) is 6.21 Å². The normalized spacial score (nSPS) is 9.93. The van der Waals surface area contributed by atoms with Crippen LogP contribution >= 0.6 is 15.9 Å². The molecule has 0 aromatic heterocycles. The zero-order valence-electron chi connectivity index (χ0n) is 7.99. The minimum absolute atomic E-state index is 0.270. The number of carbonyl (C=O) groups excluding carboxylic acids is 2. The van der Waals surface area contributed by atoms with Gasteiger partial charge in [0.15, 0.2) is 0 Å². The number of alkyl halides is 1. The molecule has 6 nitrogen and oxygen atoms in total. The quantitative estimate of drug-likeness (QED) is 0.341. The lowest BCUT2D eigenvalue weighted by Gasteiger charge is -2.07. The van der Waals surface area contributed by atoms with Gasteiger partial charge in [-0.05, 0) is 0 Å². The predicted molar refractivity (Wildman–Crippen MR) is 55.5 cm³/mol. The molecular weight excluding hydrogens is 254 g/mol. The lowest BCUT2D eigenvalue weighted by atomic mass is 10.7. The SMILES string of the molecule is CN(C)C(=O)N/N=C/C(=O)OCCBr. The first-order chi connectivity index (χ1) is 6.57. The molecule has 80 valence electrons. The Morgan fingerprint density at radius 1 is 1.57 bits per heavy atom. The van der Waals surface area contributed by atoms with E-state index in [9.17, 15) is 9.59 Å². The molecule has 0 fully saturated rings. The number of hydrogen-bond donors (Lipinski definition) is 1. The van der Waals surface area contributed by atoms with Gasteiger partial charge < -0.3 is 9.64 Å². The summed E-state index contributed by atoms with van der Waals surface area (Å²) in [5, 5.41) is 3.96. The smallest absolute Gasteiger partial charge is 0.351 e. The first-order valence-corrected chi connectivity index (χ1v) is 4.93. The Bertz CT molecular complexity index is 230. The summed E-state index contributed by atoms with van der Waals surface area (Å²) in [6, 6.07) is -0.408. The van der Waals surface area contributed by atoms with Crippen molar-refractivity contribution in [3.05, 3.63) is 0 Å². The molecule has 0 aliphatic carbocycles. The maximum absolute atomic E-state index is 10.9. The zero-order chi connectivity index (χ0) is 11.0. The van der Waals surface area contributed by atoms with E-state index < -0.39 is 12.0 Å². The number of nitrogens with one attached hydrogen (secondary N) is 1. The fourth-order valence-electron chi connectivity index (χ4n) is 0.417. The van der Waals surface area contributed by atoms with Gasteiger partial charge >= 0.3 is 12.0 Å². The lowest BCUT2D eigenvalue weighted by molar-refractivity contribution is -0.134. The van der Waals surface area contributed by atoms with Gasteiger partial charge in [-0.25, -0.2) is 15.0 Å². The molecule has 0 saturated heterocycles. The van der Waals surface area contributed by atoms with Gasteiger partial charge in [-0.3, -0.25) is 0 Å². The Hall–Kier alpha value is -1.11. The number of carbonyl (C=O) groups is 2. The van der Waals surface area contributed by atoms with Crippen molar-refractivity contribution >= 4 is 34.1 Å². The second kappa shape index (κ2) is 7.31. The highest BCUT2D eigenvalue weighted by molar-refractivity contribution is 9.09. The molecule has 0 aliphatic rings. The Kier molecular flexibility index (Phi) is 6.73. The highest BCUT2D eigenvalue weighted by atomic mass is 79.9. The van der Waals surface area contributed by atoms with Crippen LogP contribution < -0.4 is 5.43 Å². The molecule has 0 atom stereocenters. The molecule has 0 saturated carbocycles. The van der Waals surface area contributed by atoms with Crippen molar-refractivity contribution in [2.75, 3.05) is 26.0 Å². The Balaban J connectivity index is 3.72. The molecule has 0 aromatic rings. The van der Waals surface area contributed by atoms with E-state index in [1.807, 2.05) is 0 Å². The van der Waals surface area contributed by atoms with Crippen LogP contribution in [0.5, 0.6) is 0 Å². The third-order valence-corrected chi connectivity index (χ3v) is 1.38. The highest BCUT2D eigenvalue weighted by Gasteiger charge is 2.00. The van der Waals surface area contributed by atoms with Gasteiger partial charge in [-0.1, -0.05) is 15.9 Å². The molecule has 14 heavy (non-hydrogen) atoms. The van der Waals surface area contributed by atoms with E-state index in [4.69, 9.17) is 0 Å². The van der Waals surface area contributed by atoms with E-state index >= 15 is 0 Å². The molecule has 2 amide bonds. The van der Waals surface area contributed by atoms with Gasteiger partial charge in [0.25, 0.3) is 0 Å². The average Bonchev–Trinajstić information content (AvgIpc) is 2.14. The molecule has 0 unspecified atom stereocenters. The predicted octanol–water partition coefficient (Wildman–Crippen LogP) is 0.182. The van der Waals surface area contributed by atoms with Gasteiger partial charge in [0, 0.05) is 19.4 Å². The second-order valence-electron chi connectivity index (χ2n) is 2.43. The average molecular weight is 266 g/mol. The summed E-state index contributed by atoms with van der Waals surface area (Å²) in [4.78, 5) is 23.0. The number of hydrazone groups is 1. The van der Waals surface area contributed by atoms with Crippen LogP contribution in [0.4, 0.5) is 4.79 Å². The first kappa shape index (κ1) is 12.9. The fraction of sp³-hybridized carbons (Fsp3) is 0.571. The number of esters is 1. The van der Waals surface area contributed by atoms with Crippen molar-refractivity contribution in [2.45, 2.75) is 0 Å². The van der Waals surface area contributed by atoms with E-state index in [1.165, 1.54) is 4.90 Å². The molecule has 0 aromatic carbocycles. The van der Waals surface area contributed by atoms with Crippen molar-refractivity contribution in [1.82, 2.24) is 10.3 Å². The summed E-state index contributed by atoms with van der Waals surface area (Å²) in [6.45, 7) is 0.270. The molecule has 0 spiro atoms. The van der Waals surface area contributed by atoms with Gasteiger partial charge in [0.1, 0.15) is 12.8 Å². The summed E-state index contributed by atoms with van der Waals surface area (Å²) in [6.07, 6.45) is 0.907. The van der Waals surface area contributed by atoms with Gasteiger partial charge in [0.05, 0.1) is 0 Å². The summed E-state index contributed by atoms with van der Waals surface area (Å²) >= 11 is 3.09. The zero-order valence-corrected chi connectivity index (χ0v) is 9.57. The van der Waals surface area contributed by atoms with Gasteiger partial charge in [0.2, 0.25) is 0 Å². The van der Waals surface area contributed by atoms with Crippen molar-refractivity contribution in [2.24, 2.45) is 5.10 Å². The molecule has 1 N–H and O–H groups in total. The Labute approximate surface area is 90.4 Å². The van der Waals surface area contributed by atoms with Crippen LogP contribution in [0.2, 0.25) is 0 Å². The maximum Gasteiger partial charge on any atom is 0.351 e. The number of hydrogen-bond acceptors (Lipinski definition) is 4. The number of halogens is 1. The van der Waals surface area contributed by atoms with E-state index in [0.29, 0.717) is 5.33 Å². The van der Waals surface area contributed by atoms with Crippen LogP contribution in [-0.2, 0) is 9.53 Å². The van der Waals surface area contributed by atoms with Crippen LogP contribution in [-0.4, -0.2) is 49.1 Å². The second-order valence-corrected chi connectivity index (χ2v) is 3.22. The van der Waals surface area contributed by atoms with Crippen LogP contribution in [0.15, 0.2) is 5.10 Å². The number of urea groups is 1. The number of rotatable bonds is 4. The first-order valence-electron chi connectivity index (χ1n) is 3.81. The van der Waals surface area contributed by atoms with Crippen LogP contribution in [0, 0.1) is 0 Å². The van der Waals surface area contributed by atoms with E-state index in [2.05, 4.69) is 31.2 Å². The van der Waals surface area contributed by atoms with Crippen molar-refractivity contribution in [1.29, 1.82) is 0 Å². The molecule has 0 radical (unpaired) electrons. The number of ether oxygens (including phenoxy) is 1. The molecule has 0 bridgehead atoms. The molecule has 7 heteroatoms. The number of amides is 2. The van der Waals surface area contributed by atoms with Crippen LogP contribution in [0.1, 0.15) is 0 Å². The van der Waals surface area contributed by atoms with Crippen molar-refractivity contribution in [3.8, 4) is 0 Å². The molecule has 0 rings (SSSR count). The Morgan fingerprint density at radius 2 is 2.21 bits per heavy atom. The molecule has 0 aliphatic heterocycles. The summed E-state index contributed by atoms with van der Waals surface area (Å²) in [5.41, 5.74) is 2.13. The van der Waals surface area contributed by atoms with E-state index in [-0.39, 0.29) is 6.61 Å². The minimum atomic E-state index is -0.594. The monoisotopic (exact) mass is 265 g/mol. The fourth-order valence-corrected chi connectivity index (χ4v) is 0.579. The van der Waals surface area contributed by atoms with E-state index in [1.54, 1.807) is 14.1 Å². The highest BCUT2D eigenvalue weighted by Crippen LogP contribution is 1.82. The standard InChI is InChI=1S/C7H12BrN3O3/c1-11(2)7(13)10-9-5-6(12)14-4-3-8/h5H,3-4H2,1-2H3,(H,10,13)/b9-5+. The summed E-state index contributed by atoms with van der Waals surface area (Å²) in [7, 11) is 3.13. The maximum atomic E-state index is 10.9. The van der Waals surface area contributed by atoms with Crippen molar-refractivity contribution in [3.63, 3.8) is 0 Å². The Morgan fingerprint density at radius 3 is 2.71 bits per heavy atom. The minimum Gasteiger partial charge on any atom is -0.460 e. The lowest BCUT2D eigenvalue weighted by Crippen LogP contribution is -2.31.